The Kier molecular flexibility index (Phi) is 6.41. The van der Waals surface area contributed by atoms with Crippen molar-refractivity contribution in [3.63, 3.8) is 0 Å². The lowest BCUT2D eigenvalue weighted by Crippen LogP contribution is -2.05. The molecule has 0 saturated heterocycles. The Bertz CT molecular complexity index is 1230. The molecule has 6 heteroatoms. The van der Waals surface area contributed by atoms with Gasteiger partial charge in [0.15, 0.2) is 0 Å². The average Bonchev–Trinajstić information content (AvgIpc) is 3.24. The van der Waals surface area contributed by atoms with Crippen LogP contribution in [-0.2, 0) is 11.3 Å². The average molecular weight is 425 g/mol. The molecule has 0 radical (unpaired) electrons. The van der Waals surface area contributed by atoms with E-state index in [1.54, 1.807) is 12.4 Å². The third-order valence-corrected chi connectivity index (χ3v) is 5.11. The Labute approximate surface area is 187 Å². The van der Waals surface area contributed by atoms with Gasteiger partial charge in [0.1, 0.15) is 0 Å². The van der Waals surface area contributed by atoms with Gasteiger partial charge in [-0.05, 0) is 46.9 Å². The molecule has 2 aromatic heterocycles. The highest BCUT2D eigenvalue weighted by Gasteiger charge is 2.17. The number of aromatic nitrogens is 2. The second-order valence-electron chi connectivity index (χ2n) is 7.32. The van der Waals surface area contributed by atoms with E-state index in [1.165, 1.54) is 0 Å². The summed E-state index contributed by atoms with van der Waals surface area (Å²) in [6, 6.07) is 20.0. The van der Waals surface area contributed by atoms with Gasteiger partial charge in [0, 0.05) is 36.9 Å². The molecule has 0 aliphatic rings. The van der Waals surface area contributed by atoms with Crippen molar-refractivity contribution in [1.82, 2.24) is 9.55 Å². The summed E-state index contributed by atoms with van der Waals surface area (Å²) < 4.78 is 7.30. The number of carbonyl (C=O) groups is 1. The number of pyridine rings is 1. The summed E-state index contributed by atoms with van der Waals surface area (Å²) in [6.45, 7) is 2.73. The largest absolute Gasteiger partial charge is 0.462 e. The molecule has 0 aliphatic carbocycles. The number of rotatable bonds is 7. The molecule has 32 heavy (non-hydrogen) atoms. The Hall–Kier alpha value is -4.19. The van der Waals surface area contributed by atoms with E-state index < -0.39 is 0 Å². The molecule has 2 N–H and O–H groups in total. The number of carbonyl (C=O) groups excluding carboxylic acids is 1. The summed E-state index contributed by atoms with van der Waals surface area (Å²) in [7, 11) is 0. The maximum absolute atomic E-state index is 12.7. The molecule has 2 aromatic carbocycles. The summed E-state index contributed by atoms with van der Waals surface area (Å²) in [5.74, 6) is 4.94. The normalized spacial score (nSPS) is 11.0. The maximum Gasteiger partial charge on any atom is 0.340 e. The zero-order valence-corrected chi connectivity index (χ0v) is 17.8. The predicted molar refractivity (Wildman–Crippen MR) is 126 cm³/mol. The molecule has 0 amide bonds. The monoisotopic (exact) mass is 424 g/mol. The predicted octanol–water partition coefficient (Wildman–Crippen LogP) is 4.73. The third-order valence-electron chi connectivity index (χ3n) is 5.11. The van der Waals surface area contributed by atoms with E-state index in [0.717, 1.165) is 33.4 Å². The van der Waals surface area contributed by atoms with Gasteiger partial charge in [0.05, 0.1) is 18.4 Å². The summed E-state index contributed by atoms with van der Waals surface area (Å²) in [5.41, 5.74) is 6.44. The molecule has 0 unspecified atom stereocenters. The lowest BCUT2D eigenvalue weighted by atomic mass is 10.0. The van der Waals surface area contributed by atoms with Crippen LogP contribution in [0.4, 0.5) is 0 Å². The molecule has 160 valence electrons. The molecule has 4 aromatic rings. The van der Waals surface area contributed by atoms with Crippen molar-refractivity contribution in [3.05, 3.63) is 102 Å². The quantitative estimate of drug-likeness (QED) is 0.201. The molecule has 0 bridgehead atoms. The van der Waals surface area contributed by atoms with Gasteiger partial charge >= 0.3 is 5.97 Å². The number of esters is 1. The van der Waals surface area contributed by atoms with E-state index in [-0.39, 0.29) is 5.97 Å². The van der Waals surface area contributed by atoms with Crippen molar-refractivity contribution in [2.24, 2.45) is 10.9 Å². The van der Waals surface area contributed by atoms with Crippen LogP contribution in [-0.4, -0.2) is 28.3 Å². The fourth-order valence-corrected chi connectivity index (χ4v) is 3.65. The SMILES string of the molecule is CCOC(=O)c1cn(Cc2cccc(C=NN)c2)cc1-c1ccc(-c2cccnc2)cc1. The highest BCUT2D eigenvalue weighted by atomic mass is 16.5. The van der Waals surface area contributed by atoms with Crippen LogP contribution in [0.15, 0.2) is 90.6 Å². The number of hydrogen-bond acceptors (Lipinski definition) is 5. The Balaban J connectivity index is 1.67. The van der Waals surface area contributed by atoms with Crippen molar-refractivity contribution in [1.29, 1.82) is 0 Å². The van der Waals surface area contributed by atoms with E-state index in [1.807, 2.05) is 90.7 Å². The first-order valence-electron chi connectivity index (χ1n) is 10.4. The second kappa shape index (κ2) is 9.75. The van der Waals surface area contributed by atoms with Crippen LogP contribution in [0.3, 0.4) is 0 Å². The van der Waals surface area contributed by atoms with E-state index >= 15 is 0 Å². The smallest absolute Gasteiger partial charge is 0.340 e. The van der Waals surface area contributed by atoms with Crippen molar-refractivity contribution >= 4 is 12.2 Å². The number of nitrogens with two attached hydrogens (primary N) is 1. The second-order valence-corrected chi connectivity index (χ2v) is 7.32. The lowest BCUT2D eigenvalue weighted by Gasteiger charge is -2.06. The molecule has 0 spiro atoms. The first-order valence-corrected chi connectivity index (χ1v) is 10.4. The van der Waals surface area contributed by atoms with Gasteiger partial charge in [0.2, 0.25) is 0 Å². The number of hydrogen-bond donors (Lipinski definition) is 1. The summed E-state index contributed by atoms with van der Waals surface area (Å²) >= 11 is 0. The van der Waals surface area contributed by atoms with Crippen LogP contribution in [0, 0.1) is 0 Å². The molecule has 0 fully saturated rings. The highest BCUT2D eigenvalue weighted by Crippen LogP contribution is 2.29. The highest BCUT2D eigenvalue weighted by molar-refractivity contribution is 5.97. The van der Waals surface area contributed by atoms with Crippen LogP contribution in [0.25, 0.3) is 22.3 Å². The summed E-state index contributed by atoms with van der Waals surface area (Å²) in [4.78, 5) is 16.8. The number of hydrazone groups is 1. The number of ether oxygens (including phenoxy) is 1. The molecule has 0 atom stereocenters. The van der Waals surface area contributed by atoms with Crippen LogP contribution >= 0.6 is 0 Å². The van der Waals surface area contributed by atoms with Crippen molar-refractivity contribution in [2.45, 2.75) is 13.5 Å². The van der Waals surface area contributed by atoms with Gasteiger partial charge in [-0.2, -0.15) is 5.10 Å². The topological polar surface area (TPSA) is 82.5 Å². The Morgan fingerprint density at radius 3 is 2.59 bits per heavy atom. The molecule has 2 heterocycles. The van der Waals surface area contributed by atoms with Crippen LogP contribution in [0.1, 0.15) is 28.4 Å². The van der Waals surface area contributed by atoms with Gasteiger partial charge in [-0.1, -0.05) is 48.5 Å². The first-order chi connectivity index (χ1) is 15.7. The van der Waals surface area contributed by atoms with Crippen LogP contribution < -0.4 is 5.84 Å². The van der Waals surface area contributed by atoms with Gasteiger partial charge in [0.25, 0.3) is 0 Å². The molecular formula is C26H24N4O2. The van der Waals surface area contributed by atoms with Crippen molar-refractivity contribution in [3.8, 4) is 22.3 Å². The fraction of sp³-hybridized carbons (Fsp3) is 0.115. The Morgan fingerprint density at radius 2 is 1.88 bits per heavy atom. The summed E-state index contributed by atoms with van der Waals surface area (Å²) in [5, 5.41) is 3.59. The van der Waals surface area contributed by atoms with E-state index in [0.29, 0.717) is 18.7 Å². The lowest BCUT2D eigenvalue weighted by molar-refractivity contribution is 0.0527. The van der Waals surface area contributed by atoms with E-state index in [9.17, 15) is 4.79 Å². The molecule has 0 aliphatic heterocycles. The minimum Gasteiger partial charge on any atom is -0.462 e. The van der Waals surface area contributed by atoms with Gasteiger partial charge in [-0.15, -0.1) is 0 Å². The standard InChI is InChI=1S/C26H24N4O2/c1-2-32-26(31)25-18-30(16-20-6-3-5-19(13-20)14-29-27)17-24(25)22-10-8-21(9-11-22)23-7-4-12-28-15-23/h3-15,17-18H,2,16,27H2,1H3. The van der Waals surface area contributed by atoms with Gasteiger partial charge < -0.3 is 15.1 Å². The minimum absolute atomic E-state index is 0.323. The fourth-order valence-electron chi connectivity index (χ4n) is 3.65. The molecule has 0 saturated carbocycles. The Morgan fingerprint density at radius 1 is 1.06 bits per heavy atom. The van der Waals surface area contributed by atoms with Crippen LogP contribution in [0.5, 0.6) is 0 Å². The summed E-state index contributed by atoms with van der Waals surface area (Å²) in [6.07, 6.45) is 9.02. The zero-order valence-electron chi connectivity index (χ0n) is 17.8. The maximum atomic E-state index is 12.7. The number of benzene rings is 2. The van der Waals surface area contributed by atoms with Gasteiger partial charge in [-0.25, -0.2) is 4.79 Å². The van der Waals surface area contributed by atoms with E-state index in [4.69, 9.17) is 10.6 Å². The van der Waals surface area contributed by atoms with Crippen molar-refractivity contribution < 1.29 is 9.53 Å². The van der Waals surface area contributed by atoms with E-state index in [2.05, 4.69) is 10.1 Å². The number of nitrogens with zero attached hydrogens (tertiary/aromatic N) is 3. The zero-order chi connectivity index (χ0) is 22.3. The van der Waals surface area contributed by atoms with Crippen molar-refractivity contribution in [2.75, 3.05) is 6.61 Å². The molecule has 6 nitrogen and oxygen atoms in total. The third kappa shape index (κ3) is 4.75. The minimum atomic E-state index is -0.332. The van der Waals surface area contributed by atoms with Gasteiger partial charge in [-0.3, -0.25) is 4.98 Å². The molecule has 4 rings (SSSR count). The van der Waals surface area contributed by atoms with Crippen LogP contribution in [0.2, 0.25) is 0 Å². The molecular weight excluding hydrogens is 400 g/mol. The first kappa shape index (κ1) is 21.1.